The first-order valence-electron chi connectivity index (χ1n) is 10.0. The largest absolute Gasteiger partial charge is 0.467 e. The highest BCUT2D eigenvalue weighted by Gasteiger charge is 2.22. The molecule has 0 spiro atoms. The molecule has 1 aliphatic heterocycles. The Balaban J connectivity index is 1.55. The van der Waals surface area contributed by atoms with Crippen molar-refractivity contribution in [3.63, 3.8) is 0 Å². The monoisotopic (exact) mass is 410 g/mol. The second kappa shape index (κ2) is 8.86. The number of piperidine rings is 1. The van der Waals surface area contributed by atoms with E-state index in [-0.39, 0.29) is 5.91 Å². The smallest absolute Gasteiger partial charge is 0.233 e. The minimum atomic E-state index is 0.173. The Morgan fingerprint density at radius 1 is 1.17 bits per heavy atom. The van der Waals surface area contributed by atoms with E-state index in [0.29, 0.717) is 18.2 Å². The summed E-state index contributed by atoms with van der Waals surface area (Å²) in [7, 11) is 0. The number of hydrogen-bond donors (Lipinski definition) is 0. The first-order valence-corrected chi connectivity index (χ1v) is 11.0. The first-order chi connectivity index (χ1) is 14.1. The molecular weight excluding hydrogens is 384 g/mol. The molecule has 152 valence electrons. The van der Waals surface area contributed by atoms with Crippen LogP contribution >= 0.6 is 11.8 Å². The van der Waals surface area contributed by atoms with E-state index >= 15 is 0 Å². The molecular formula is C22H26N4O2S. The highest BCUT2D eigenvalue weighted by atomic mass is 32.2. The van der Waals surface area contributed by atoms with Gasteiger partial charge in [0, 0.05) is 18.7 Å². The number of hydrogen-bond acceptors (Lipinski definition) is 5. The molecule has 0 saturated carbocycles. The highest BCUT2D eigenvalue weighted by molar-refractivity contribution is 7.99. The zero-order chi connectivity index (χ0) is 20.2. The Morgan fingerprint density at radius 3 is 2.69 bits per heavy atom. The fourth-order valence-electron chi connectivity index (χ4n) is 3.59. The van der Waals surface area contributed by atoms with Crippen LogP contribution in [-0.2, 0) is 11.3 Å². The van der Waals surface area contributed by atoms with E-state index < -0.39 is 0 Å². The van der Waals surface area contributed by atoms with Gasteiger partial charge in [0.1, 0.15) is 5.76 Å². The van der Waals surface area contributed by atoms with Gasteiger partial charge in [0.25, 0.3) is 0 Å². The summed E-state index contributed by atoms with van der Waals surface area (Å²) in [5, 5.41) is 9.60. The average molecular weight is 411 g/mol. The Hall–Kier alpha value is -2.54. The molecule has 1 fully saturated rings. The van der Waals surface area contributed by atoms with Gasteiger partial charge in [-0.05, 0) is 43.4 Å². The third-order valence-electron chi connectivity index (χ3n) is 5.46. The maximum Gasteiger partial charge on any atom is 0.233 e. The SMILES string of the molecule is Cc1ccccc1-c1nnc(SCC(=O)N2CCC(C)CC2)n1Cc1ccco1. The molecule has 3 aromatic rings. The lowest BCUT2D eigenvalue weighted by molar-refractivity contribution is -0.129. The lowest BCUT2D eigenvalue weighted by atomic mass is 9.99. The summed E-state index contributed by atoms with van der Waals surface area (Å²) in [4.78, 5) is 14.6. The minimum Gasteiger partial charge on any atom is -0.467 e. The number of likely N-dealkylation sites (tertiary alicyclic amines) is 1. The summed E-state index contributed by atoms with van der Waals surface area (Å²) < 4.78 is 7.59. The Kier molecular flexibility index (Phi) is 6.04. The van der Waals surface area contributed by atoms with Gasteiger partial charge in [0.15, 0.2) is 11.0 Å². The summed E-state index contributed by atoms with van der Waals surface area (Å²) >= 11 is 1.45. The van der Waals surface area contributed by atoms with Crippen LogP contribution in [0.15, 0.2) is 52.2 Å². The molecule has 0 atom stereocenters. The van der Waals surface area contributed by atoms with E-state index in [1.807, 2.05) is 39.8 Å². The van der Waals surface area contributed by atoms with Crippen LogP contribution in [0.1, 0.15) is 31.1 Å². The lowest BCUT2D eigenvalue weighted by Gasteiger charge is -2.30. The molecule has 0 unspecified atom stereocenters. The molecule has 0 aliphatic carbocycles. The van der Waals surface area contributed by atoms with Gasteiger partial charge in [0.05, 0.1) is 18.6 Å². The minimum absolute atomic E-state index is 0.173. The van der Waals surface area contributed by atoms with Crippen molar-refractivity contribution < 1.29 is 9.21 Å². The van der Waals surface area contributed by atoms with Crippen molar-refractivity contribution in [1.82, 2.24) is 19.7 Å². The number of thioether (sulfide) groups is 1. The van der Waals surface area contributed by atoms with Crippen molar-refractivity contribution >= 4 is 17.7 Å². The van der Waals surface area contributed by atoms with E-state index in [1.165, 1.54) is 11.8 Å². The predicted molar refractivity (Wildman–Crippen MR) is 114 cm³/mol. The van der Waals surface area contributed by atoms with Gasteiger partial charge in [-0.25, -0.2) is 0 Å². The van der Waals surface area contributed by atoms with E-state index in [0.717, 1.165) is 53.8 Å². The van der Waals surface area contributed by atoms with Crippen LogP contribution in [0.5, 0.6) is 0 Å². The van der Waals surface area contributed by atoms with E-state index in [2.05, 4.69) is 30.1 Å². The molecule has 4 rings (SSSR count). The topological polar surface area (TPSA) is 64.2 Å². The molecule has 1 aromatic carbocycles. The van der Waals surface area contributed by atoms with Crippen LogP contribution in [0, 0.1) is 12.8 Å². The normalized spacial score (nSPS) is 15.0. The van der Waals surface area contributed by atoms with Crippen molar-refractivity contribution in [1.29, 1.82) is 0 Å². The molecule has 0 N–H and O–H groups in total. The van der Waals surface area contributed by atoms with E-state index in [4.69, 9.17) is 4.42 Å². The van der Waals surface area contributed by atoms with Crippen molar-refractivity contribution in [2.45, 2.75) is 38.4 Å². The first kappa shape index (κ1) is 19.8. The molecule has 0 radical (unpaired) electrons. The number of rotatable bonds is 6. The summed E-state index contributed by atoms with van der Waals surface area (Å²) in [6.07, 6.45) is 3.84. The van der Waals surface area contributed by atoms with Crippen LogP contribution in [0.25, 0.3) is 11.4 Å². The third-order valence-corrected chi connectivity index (χ3v) is 6.41. The second-order valence-corrected chi connectivity index (χ2v) is 8.58. The summed E-state index contributed by atoms with van der Waals surface area (Å²) in [5.74, 6) is 2.88. The molecule has 7 heteroatoms. The number of amides is 1. The lowest BCUT2D eigenvalue weighted by Crippen LogP contribution is -2.38. The number of carbonyl (C=O) groups is 1. The Bertz CT molecular complexity index is 959. The summed E-state index contributed by atoms with van der Waals surface area (Å²) in [6, 6.07) is 11.9. The Morgan fingerprint density at radius 2 is 1.97 bits per heavy atom. The van der Waals surface area contributed by atoms with Crippen LogP contribution in [0.4, 0.5) is 0 Å². The number of aryl methyl sites for hydroxylation is 1. The van der Waals surface area contributed by atoms with Gasteiger partial charge >= 0.3 is 0 Å². The van der Waals surface area contributed by atoms with Crippen molar-refractivity contribution in [3.8, 4) is 11.4 Å². The van der Waals surface area contributed by atoms with Gasteiger partial charge in [-0.15, -0.1) is 10.2 Å². The van der Waals surface area contributed by atoms with Crippen LogP contribution in [0.2, 0.25) is 0 Å². The average Bonchev–Trinajstić information content (AvgIpc) is 3.38. The molecule has 1 saturated heterocycles. The van der Waals surface area contributed by atoms with Crippen LogP contribution < -0.4 is 0 Å². The second-order valence-electron chi connectivity index (χ2n) is 7.64. The van der Waals surface area contributed by atoms with Gasteiger partial charge < -0.3 is 9.32 Å². The van der Waals surface area contributed by atoms with E-state index in [9.17, 15) is 4.79 Å². The zero-order valence-electron chi connectivity index (χ0n) is 16.9. The summed E-state index contributed by atoms with van der Waals surface area (Å²) in [5.41, 5.74) is 2.17. The standard InChI is InChI=1S/C22H26N4O2S/c1-16-9-11-25(12-10-16)20(27)15-29-22-24-23-21(19-8-4-3-6-17(19)2)26(22)14-18-7-5-13-28-18/h3-8,13,16H,9-12,14-15H2,1-2H3. The van der Waals surface area contributed by atoms with Gasteiger partial charge in [0.2, 0.25) is 5.91 Å². The maximum absolute atomic E-state index is 12.7. The van der Waals surface area contributed by atoms with Crippen molar-refractivity contribution in [3.05, 3.63) is 54.0 Å². The quantitative estimate of drug-likeness (QED) is 0.569. The number of benzene rings is 1. The van der Waals surface area contributed by atoms with E-state index in [1.54, 1.807) is 6.26 Å². The molecule has 3 heterocycles. The predicted octanol–water partition coefficient (Wildman–Crippen LogP) is 4.25. The molecule has 1 aliphatic rings. The molecule has 6 nitrogen and oxygen atoms in total. The van der Waals surface area contributed by atoms with Gasteiger partial charge in [-0.3, -0.25) is 9.36 Å². The van der Waals surface area contributed by atoms with Crippen molar-refractivity contribution in [2.75, 3.05) is 18.8 Å². The van der Waals surface area contributed by atoms with Crippen LogP contribution in [0.3, 0.4) is 0 Å². The maximum atomic E-state index is 12.7. The fraction of sp³-hybridized carbons (Fsp3) is 0.409. The number of nitrogens with zero attached hydrogens (tertiary/aromatic N) is 4. The highest BCUT2D eigenvalue weighted by Crippen LogP contribution is 2.28. The molecule has 1 amide bonds. The molecule has 29 heavy (non-hydrogen) atoms. The molecule has 0 bridgehead atoms. The van der Waals surface area contributed by atoms with Gasteiger partial charge in [-0.2, -0.15) is 0 Å². The summed E-state index contributed by atoms with van der Waals surface area (Å²) in [6.45, 7) is 6.55. The molecule has 2 aromatic heterocycles. The number of carbonyl (C=O) groups excluding carboxylic acids is 1. The van der Waals surface area contributed by atoms with Crippen molar-refractivity contribution in [2.24, 2.45) is 5.92 Å². The number of furan rings is 1. The Labute approximate surface area is 175 Å². The third kappa shape index (κ3) is 4.56. The van der Waals surface area contributed by atoms with Gasteiger partial charge in [-0.1, -0.05) is 43.0 Å². The fourth-order valence-corrected chi connectivity index (χ4v) is 4.44. The number of aromatic nitrogens is 3. The van der Waals surface area contributed by atoms with Crippen LogP contribution in [-0.4, -0.2) is 44.4 Å². The zero-order valence-corrected chi connectivity index (χ0v) is 17.7.